The second-order valence-corrected chi connectivity index (χ2v) is 3.63. The molecule has 1 saturated heterocycles. The van der Waals surface area contributed by atoms with E-state index in [0.717, 1.165) is 6.42 Å². The van der Waals surface area contributed by atoms with Gasteiger partial charge in [0.2, 0.25) is 0 Å². The molecule has 15 heavy (non-hydrogen) atoms. The van der Waals surface area contributed by atoms with Crippen LogP contribution in [0.15, 0.2) is 6.20 Å². The van der Waals surface area contributed by atoms with Gasteiger partial charge in [-0.1, -0.05) is 0 Å². The molecule has 1 amide bonds. The van der Waals surface area contributed by atoms with Gasteiger partial charge in [-0.25, -0.2) is 0 Å². The summed E-state index contributed by atoms with van der Waals surface area (Å²) >= 11 is 0. The molecule has 0 radical (unpaired) electrons. The Hall–Kier alpha value is -1.56. The van der Waals surface area contributed by atoms with Crippen molar-refractivity contribution in [2.24, 2.45) is 0 Å². The normalized spacial score (nSPS) is 20.5. The molecule has 6 heteroatoms. The number of nitrogens with one attached hydrogen (secondary N) is 1. The van der Waals surface area contributed by atoms with Gasteiger partial charge in [0, 0.05) is 13.7 Å². The van der Waals surface area contributed by atoms with Crippen LogP contribution >= 0.6 is 0 Å². The van der Waals surface area contributed by atoms with Gasteiger partial charge in [0.1, 0.15) is 11.4 Å². The van der Waals surface area contributed by atoms with Crippen molar-refractivity contribution in [1.82, 2.24) is 15.1 Å². The quantitative estimate of drug-likeness (QED) is 0.711. The lowest BCUT2D eigenvalue weighted by atomic mass is 10.2. The van der Waals surface area contributed by atoms with Gasteiger partial charge in [-0.3, -0.25) is 9.89 Å². The first-order valence-corrected chi connectivity index (χ1v) is 4.84. The minimum atomic E-state index is -0.114. The molecule has 2 heterocycles. The van der Waals surface area contributed by atoms with Crippen LogP contribution < -0.4 is 5.73 Å². The molecule has 0 spiro atoms. The number of rotatable bonds is 2. The highest BCUT2D eigenvalue weighted by Crippen LogP contribution is 2.15. The molecule has 2 rings (SSSR count). The van der Waals surface area contributed by atoms with Crippen molar-refractivity contribution < 1.29 is 9.53 Å². The van der Waals surface area contributed by atoms with Crippen molar-refractivity contribution in [2.45, 2.75) is 12.5 Å². The molecule has 1 aromatic rings. The van der Waals surface area contributed by atoms with E-state index >= 15 is 0 Å². The van der Waals surface area contributed by atoms with Crippen LogP contribution in [0.4, 0.5) is 5.82 Å². The van der Waals surface area contributed by atoms with Crippen LogP contribution in [0.3, 0.4) is 0 Å². The number of carbonyl (C=O) groups is 1. The summed E-state index contributed by atoms with van der Waals surface area (Å²) in [6.07, 6.45) is 2.32. The number of nitrogens with two attached hydrogens (primary N) is 1. The number of hydrogen-bond donors (Lipinski definition) is 2. The highest BCUT2D eigenvalue weighted by molar-refractivity contribution is 5.98. The Morgan fingerprint density at radius 1 is 1.80 bits per heavy atom. The first-order chi connectivity index (χ1) is 7.20. The lowest BCUT2D eigenvalue weighted by molar-refractivity contribution is 0.0712. The van der Waals surface area contributed by atoms with E-state index in [1.165, 1.54) is 6.20 Å². The molecule has 0 bridgehead atoms. The van der Waals surface area contributed by atoms with E-state index in [-0.39, 0.29) is 11.9 Å². The largest absolute Gasteiger partial charge is 0.383 e. The fourth-order valence-corrected chi connectivity index (χ4v) is 1.65. The van der Waals surface area contributed by atoms with E-state index < -0.39 is 0 Å². The van der Waals surface area contributed by atoms with Gasteiger partial charge in [-0.15, -0.1) is 0 Å². The SMILES string of the molecule is CN(C(=O)c1cn[nH]c1N)C1CCOC1. The summed E-state index contributed by atoms with van der Waals surface area (Å²) in [5.74, 6) is 0.197. The van der Waals surface area contributed by atoms with E-state index in [4.69, 9.17) is 10.5 Å². The second kappa shape index (κ2) is 3.90. The van der Waals surface area contributed by atoms with Crippen molar-refractivity contribution >= 4 is 11.7 Å². The number of ether oxygens (including phenoxy) is 1. The predicted octanol–water partition coefficient (Wildman–Crippen LogP) is -0.147. The van der Waals surface area contributed by atoms with E-state index in [0.29, 0.717) is 24.6 Å². The van der Waals surface area contributed by atoms with Gasteiger partial charge < -0.3 is 15.4 Å². The molecule has 0 aliphatic carbocycles. The molecule has 6 nitrogen and oxygen atoms in total. The Labute approximate surface area is 87.4 Å². The molecule has 0 aromatic carbocycles. The third kappa shape index (κ3) is 1.80. The fraction of sp³-hybridized carbons (Fsp3) is 0.556. The number of nitrogen functional groups attached to an aromatic ring is 1. The molecule has 1 aliphatic rings. The molecule has 1 aliphatic heterocycles. The average molecular weight is 210 g/mol. The first kappa shape index (κ1) is 9.97. The Kier molecular flexibility index (Phi) is 2.59. The number of carbonyl (C=O) groups excluding carboxylic acids is 1. The number of aromatic nitrogens is 2. The van der Waals surface area contributed by atoms with Crippen molar-refractivity contribution in [1.29, 1.82) is 0 Å². The molecule has 0 saturated carbocycles. The summed E-state index contributed by atoms with van der Waals surface area (Å²) in [7, 11) is 1.76. The third-order valence-corrected chi connectivity index (χ3v) is 2.67. The Balaban J connectivity index is 2.10. The van der Waals surface area contributed by atoms with Gasteiger partial charge >= 0.3 is 0 Å². The van der Waals surface area contributed by atoms with Crippen LogP contribution in [0.1, 0.15) is 16.8 Å². The van der Waals surface area contributed by atoms with Gasteiger partial charge in [0.15, 0.2) is 0 Å². The highest BCUT2D eigenvalue weighted by atomic mass is 16.5. The molecule has 1 unspecified atom stereocenters. The number of anilines is 1. The van der Waals surface area contributed by atoms with Gasteiger partial charge in [0.05, 0.1) is 18.8 Å². The predicted molar refractivity (Wildman–Crippen MR) is 54.3 cm³/mol. The Bertz CT molecular complexity index is 357. The summed E-state index contributed by atoms with van der Waals surface area (Å²) in [5.41, 5.74) is 6.00. The van der Waals surface area contributed by atoms with Crippen LogP contribution in [0.2, 0.25) is 0 Å². The number of hydrogen-bond acceptors (Lipinski definition) is 4. The Morgan fingerprint density at radius 3 is 3.13 bits per heavy atom. The molecule has 1 atom stereocenters. The lowest BCUT2D eigenvalue weighted by Gasteiger charge is -2.22. The van der Waals surface area contributed by atoms with Gasteiger partial charge in [0.25, 0.3) is 5.91 Å². The van der Waals surface area contributed by atoms with Crippen molar-refractivity contribution in [3.8, 4) is 0 Å². The number of nitrogens with zero attached hydrogens (tertiary/aromatic N) is 2. The molecule has 1 fully saturated rings. The molecular formula is C9H14N4O2. The van der Waals surface area contributed by atoms with Crippen LogP contribution in [0.5, 0.6) is 0 Å². The summed E-state index contributed by atoms with van der Waals surface area (Å²) in [4.78, 5) is 13.6. The maximum absolute atomic E-state index is 11.9. The zero-order valence-corrected chi connectivity index (χ0v) is 8.56. The third-order valence-electron chi connectivity index (χ3n) is 2.67. The van der Waals surface area contributed by atoms with Crippen molar-refractivity contribution in [2.75, 3.05) is 26.0 Å². The number of aromatic amines is 1. The highest BCUT2D eigenvalue weighted by Gasteiger charge is 2.26. The number of H-pyrrole nitrogens is 1. The summed E-state index contributed by atoms with van der Waals surface area (Å²) < 4.78 is 5.23. The maximum atomic E-state index is 11.9. The first-order valence-electron chi connectivity index (χ1n) is 4.84. The van der Waals surface area contributed by atoms with Gasteiger partial charge in [-0.05, 0) is 6.42 Å². The monoisotopic (exact) mass is 210 g/mol. The summed E-state index contributed by atoms with van der Waals surface area (Å²) in [5, 5.41) is 6.27. The van der Waals surface area contributed by atoms with E-state index in [2.05, 4.69) is 10.2 Å². The summed E-state index contributed by atoms with van der Waals surface area (Å²) in [6, 6.07) is 0.145. The smallest absolute Gasteiger partial charge is 0.259 e. The topological polar surface area (TPSA) is 84.2 Å². The number of likely N-dealkylation sites (N-methyl/N-ethyl adjacent to an activating group) is 1. The van der Waals surface area contributed by atoms with Crippen LogP contribution in [-0.2, 0) is 4.74 Å². The standard InChI is InChI=1S/C9H14N4O2/c1-13(6-2-3-15-5-6)9(14)7-4-11-12-8(7)10/h4,6H,2-3,5H2,1H3,(H3,10,11,12). The minimum absolute atomic E-state index is 0.114. The molecule has 3 N–H and O–H groups in total. The van der Waals surface area contributed by atoms with E-state index in [1.54, 1.807) is 11.9 Å². The lowest BCUT2D eigenvalue weighted by Crippen LogP contribution is -2.37. The van der Waals surface area contributed by atoms with Crippen LogP contribution in [0, 0.1) is 0 Å². The summed E-state index contributed by atoms with van der Waals surface area (Å²) in [6.45, 7) is 1.31. The minimum Gasteiger partial charge on any atom is -0.383 e. The van der Waals surface area contributed by atoms with E-state index in [9.17, 15) is 4.79 Å². The zero-order valence-electron chi connectivity index (χ0n) is 8.56. The van der Waals surface area contributed by atoms with Crippen LogP contribution in [-0.4, -0.2) is 47.3 Å². The average Bonchev–Trinajstić information content (AvgIpc) is 2.85. The van der Waals surface area contributed by atoms with Crippen molar-refractivity contribution in [3.63, 3.8) is 0 Å². The molecular weight excluding hydrogens is 196 g/mol. The molecule has 82 valence electrons. The van der Waals surface area contributed by atoms with Crippen LogP contribution in [0.25, 0.3) is 0 Å². The fourth-order valence-electron chi connectivity index (χ4n) is 1.65. The zero-order chi connectivity index (χ0) is 10.8. The maximum Gasteiger partial charge on any atom is 0.259 e. The Morgan fingerprint density at radius 2 is 2.60 bits per heavy atom. The van der Waals surface area contributed by atoms with Crippen molar-refractivity contribution in [3.05, 3.63) is 11.8 Å². The van der Waals surface area contributed by atoms with E-state index in [1.807, 2.05) is 0 Å². The number of amides is 1. The second-order valence-electron chi connectivity index (χ2n) is 3.63. The molecule has 1 aromatic heterocycles. The van der Waals surface area contributed by atoms with Gasteiger partial charge in [-0.2, -0.15) is 5.10 Å².